The van der Waals surface area contributed by atoms with Gasteiger partial charge in [-0.2, -0.15) is 4.31 Å². The van der Waals surface area contributed by atoms with Crippen LogP contribution in [0.15, 0.2) is 27.6 Å². The molecule has 21 heavy (non-hydrogen) atoms. The first-order valence-electron chi connectivity index (χ1n) is 6.94. The normalized spacial score (nSPS) is 17.9. The summed E-state index contributed by atoms with van der Waals surface area (Å²) < 4.78 is 38.1. The molecule has 1 aliphatic heterocycles. The molecule has 0 saturated carbocycles. The van der Waals surface area contributed by atoms with Crippen LogP contribution in [0.3, 0.4) is 0 Å². The summed E-state index contributed by atoms with van der Waals surface area (Å²) in [5, 5.41) is 0. The smallest absolute Gasteiger partial charge is 0.243 e. The molecule has 0 N–H and O–H groups in total. The molecular weight excluding hydrogens is 358 g/mol. The molecule has 1 heterocycles. The van der Waals surface area contributed by atoms with E-state index in [1.54, 1.807) is 25.3 Å². The molecule has 1 fully saturated rings. The van der Waals surface area contributed by atoms with Gasteiger partial charge in [0.05, 0.1) is 22.6 Å². The quantitative estimate of drug-likeness (QED) is 0.791. The van der Waals surface area contributed by atoms with Crippen LogP contribution in [0.2, 0.25) is 0 Å². The summed E-state index contributed by atoms with van der Waals surface area (Å²) >= 11 is 3.33. The van der Waals surface area contributed by atoms with E-state index in [2.05, 4.69) is 15.9 Å². The Kier molecular flexibility index (Phi) is 5.65. The standard InChI is InChI=1S/C14H20BrNO4S/c1-3-20-11-6-8-16(9-7-11)21(17,18)12-4-5-14(19-2)13(15)10-12/h4-5,10-11H,3,6-9H2,1-2H3. The predicted molar refractivity (Wildman–Crippen MR) is 84.1 cm³/mol. The lowest BCUT2D eigenvalue weighted by Gasteiger charge is -2.31. The molecule has 1 saturated heterocycles. The Morgan fingerprint density at radius 3 is 2.52 bits per heavy atom. The number of sulfonamides is 1. The molecule has 0 aliphatic carbocycles. The highest BCUT2D eigenvalue weighted by atomic mass is 79.9. The van der Waals surface area contributed by atoms with Gasteiger partial charge in [-0.15, -0.1) is 0 Å². The van der Waals surface area contributed by atoms with Crippen LogP contribution in [0, 0.1) is 0 Å². The van der Waals surface area contributed by atoms with Crippen molar-refractivity contribution in [2.24, 2.45) is 0 Å². The lowest BCUT2D eigenvalue weighted by atomic mass is 10.1. The molecule has 0 radical (unpaired) electrons. The van der Waals surface area contributed by atoms with E-state index < -0.39 is 10.0 Å². The van der Waals surface area contributed by atoms with E-state index in [9.17, 15) is 8.42 Å². The highest BCUT2D eigenvalue weighted by Crippen LogP contribution is 2.29. The average Bonchev–Trinajstić information content (AvgIpc) is 2.48. The van der Waals surface area contributed by atoms with E-state index >= 15 is 0 Å². The van der Waals surface area contributed by atoms with Gasteiger partial charge in [0.2, 0.25) is 10.0 Å². The van der Waals surface area contributed by atoms with Gasteiger partial charge in [-0.3, -0.25) is 0 Å². The van der Waals surface area contributed by atoms with Crippen molar-refractivity contribution in [3.05, 3.63) is 22.7 Å². The number of piperidine rings is 1. The molecule has 118 valence electrons. The van der Waals surface area contributed by atoms with Gasteiger partial charge in [0.25, 0.3) is 0 Å². The zero-order chi connectivity index (χ0) is 15.5. The third-order valence-corrected chi connectivity index (χ3v) is 6.08. The van der Waals surface area contributed by atoms with Gasteiger partial charge in [0, 0.05) is 19.7 Å². The number of hydrogen-bond acceptors (Lipinski definition) is 4. The molecule has 1 aromatic carbocycles. The van der Waals surface area contributed by atoms with E-state index in [4.69, 9.17) is 9.47 Å². The highest BCUT2D eigenvalue weighted by Gasteiger charge is 2.29. The summed E-state index contributed by atoms with van der Waals surface area (Å²) in [5.41, 5.74) is 0. The van der Waals surface area contributed by atoms with Gasteiger partial charge in [0.15, 0.2) is 0 Å². The second-order valence-electron chi connectivity index (χ2n) is 4.86. The van der Waals surface area contributed by atoms with Gasteiger partial charge in [-0.05, 0) is 53.9 Å². The Morgan fingerprint density at radius 2 is 2.00 bits per heavy atom. The topological polar surface area (TPSA) is 55.8 Å². The van der Waals surface area contributed by atoms with Gasteiger partial charge >= 0.3 is 0 Å². The Morgan fingerprint density at radius 1 is 1.33 bits per heavy atom. The summed E-state index contributed by atoms with van der Waals surface area (Å²) in [6, 6.07) is 4.82. The molecule has 1 aromatic rings. The van der Waals surface area contributed by atoms with Gasteiger partial charge in [0.1, 0.15) is 5.75 Å². The average molecular weight is 378 g/mol. The van der Waals surface area contributed by atoms with Crippen molar-refractivity contribution >= 4 is 26.0 Å². The molecule has 5 nitrogen and oxygen atoms in total. The molecular formula is C14H20BrNO4S. The Bertz CT molecular complexity index is 583. The minimum absolute atomic E-state index is 0.170. The zero-order valence-corrected chi connectivity index (χ0v) is 14.6. The maximum Gasteiger partial charge on any atom is 0.243 e. The highest BCUT2D eigenvalue weighted by molar-refractivity contribution is 9.10. The van der Waals surface area contributed by atoms with E-state index in [-0.39, 0.29) is 11.0 Å². The maximum absolute atomic E-state index is 12.6. The molecule has 0 amide bonds. The van der Waals surface area contributed by atoms with Crippen LogP contribution in [0.4, 0.5) is 0 Å². The third-order valence-electron chi connectivity index (χ3n) is 3.56. The number of halogens is 1. The van der Waals surface area contributed by atoms with Crippen molar-refractivity contribution in [2.75, 3.05) is 26.8 Å². The lowest BCUT2D eigenvalue weighted by Crippen LogP contribution is -2.40. The molecule has 0 atom stereocenters. The fourth-order valence-corrected chi connectivity index (χ4v) is 4.62. The molecule has 7 heteroatoms. The molecule has 1 aliphatic rings. The second kappa shape index (κ2) is 7.09. The SMILES string of the molecule is CCOC1CCN(S(=O)(=O)c2ccc(OC)c(Br)c2)CC1. The van der Waals surface area contributed by atoms with Gasteiger partial charge < -0.3 is 9.47 Å². The first-order valence-corrected chi connectivity index (χ1v) is 9.17. The van der Waals surface area contributed by atoms with E-state index in [1.807, 2.05) is 6.92 Å². The number of benzene rings is 1. The zero-order valence-electron chi connectivity index (χ0n) is 12.2. The first kappa shape index (κ1) is 16.7. The van der Waals surface area contributed by atoms with Gasteiger partial charge in [-0.25, -0.2) is 8.42 Å². The van der Waals surface area contributed by atoms with Gasteiger partial charge in [-0.1, -0.05) is 0 Å². The molecule has 2 rings (SSSR count). The largest absolute Gasteiger partial charge is 0.496 e. The van der Waals surface area contributed by atoms with E-state index in [0.29, 0.717) is 29.9 Å². The second-order valence-corrected chi connectivity index (χ2v) is 7.65. The number of nitrogens with zero attached hydrogens (tertiary/aromatic N) is 1. The molecule has 0 bridgehead atoms. The summed E-state index contributed by atoms with van der Waals surface area (Å²) in [6.45, 7) is 3.62. The minimum Gasteiger partial charge on any atom is -0.496 e. The summed E-state index contributed by atoms with van der Waals surface area (Å²) in [7, 11) is -1.91. The number of ether oxygens (including phenoxy) is 2. The van der Waals surface area contributed by atoms with Crippen molar-refractivity contribution in [3.63, 3.8) is 0 Å². The van der Waals surface area contributed by atoms with Crippen LogP contribution in [0.1, 0.15) is 19.8 Å². The van der Waals surface area contributed by atoms with Crippen LogP contribution >= 0.6 is 15.9 Å². The Labute approximate surface area is 134 Å². The van der Waals surface area contributed by atoms with Crippen LogP contribution in [0.25, 0.3) is 0 Å². The summed E-state index contributed by atoms with van der Waals surface area (Å²) in [5.74, 6) is 0.615. The molecule has 0 spiro atoms. The third kappa shape index (κ3) is 3.77. The van der Waals surface area contributed by atoms with Crippen LogP contribution in [0.5, 0.6) is 5.75 Å². The van der Waals surface area contributed by atoms with E-state index in [0.717, 1.165) is 12.8 Å². The number of methoxy groups -OCH3 is 1. The van der Waals surface area contributed by atoms with Crippen molar-refractivity contribution in [2.45, 2.75) is 30.8 Å². The van der Waals surface area contributed by atoms with Crippen molar-refractivity contribution in [1.29, 1.82) is 0 Å². The molecule has 0 unspecified atom stereocenters. The maximum atomic E-state index is 12.6. The Balaban J connectivity index is 2.14. The van der Waals surface area contributed by atoms with Crippen molar-refractivity contribution in [1.82, 2.24) is 4.31 Å². The van der Waals surface area contributed by atoms with Crippen molar-refractivity contribution < 1.29 is 17.9 Å². The number of rotatable bonds is 5. The van der Waals surface area contributed by atoms with Crippen LogP contribution in [-0.2, 0) is 14.8 Å². The van der Waals surface area contributed by atoms with E-state index in [1.165, 1.54) is 4.31 Å². The van der Waals surface area contributed by atoms with Crippen molar-refractivity contribution in [3.8, 4) is 5.75 Å². The first-order chi connectivity index (χ1) is 9.98. The predicted octanol–water partition coefficient (Wildman–Crippen LogP) is 2.65. The number of hydrogen-bond donors (Lipinski definition) is 0. The van der Waals surface area contributed by atoms with Crippen LogP contribution in [-0.4, -0.2) is 45.6 Å². The minimum atomic E-state index is -3.46. The monoisotopic (exact) mass is 377 g/mol. The summed E-state index contributed by atoms with van der Waals surface area (Å²) in [4.78, 5) is 0.282. The fourth-order valence-electron chi connectivity index (χ4n) is 2.43. The summed E-state index contributed by atoms with van der Waals surface area (Å²) in [6.07, 6.45) is 1.65. The lowest BCUT2D eigenvalue weighted by molar-refractivity contribution is 0.0290. The molecule has 0 aromatic heterocycles. The fraction of sp³-hybridized carbons (Fsp3) is 0.571. The Hall–Kier alpha value is -0.630. The van der Waals surface area contributed by atoms with Crippen LogP contribution < -0.4 is 4.74 Å².